The van der Waals surface area contributed by atoms with Gasteiger partial charge in [-0.25, -0.2) is 8.42 Å². The van der Waals surface area contributed by atoms with Gasteiger partial charge in [0.05, 0.1) is 11.5 Å². The molecule has 1 aromatic heterocycles. The van der Waals surface area contributed by atoms with E-state index in [0.717, 1.165) is 36.0 Å². The first kappa shape index (κ1) is 17.9. The van der Waals surface area contributed by atoms with Crippen LogP contribution in [0.2, 0.25) is 0 Å². The highest BCUT2D eigenvalue weighted by atomic mass is 32.2. The Labute approximate surface area is 159 Å². The minimum absolute atomic E-state index is 0.203. The van der Waals surface area contributed by atoms with E-state index in [-0.39, 0.29) is 4.90 Å². The third-order valence-corrected chi connectivity index (χ3v) is 6.39. The molecule has 0 unspecified atom stereocenters. The zero-order valence-electron chi connectivity index (χ0n) is 15.5. The fourth-order valence-electron chi connectivity index (χ4n) is 3.61. The molecule has 1 aliphatic rings. The van der Waals surface area contributed by atoms with Gasteiger partial charge in [-0.15, -0.1) is 0 Å². The van der Waals surface area contributed by atoms with Crippen molar-refractivity contribution < 1.29 is 17.6 Å². The Kier molecular flexibility index (Phi) is 4.60. The first-order valence-electron chi connectivity index (χ1n) is 9.26. The molecular weight excluding hydrogens is 362 g/mol. The molecule has 6 heteroatoms. The summed E-state index contributed by atoms with van der Waals surface area (Å²) in [6.07, 6.45) is 3.04. The van der Waals surface area contributed by atoms with E-state index < -0.39 is 10.0 Å². The highest BCUT2D eigenvalue weighted by Crippen LogP contribution is 2.35. The maximum atomic E-state index is 12.7. The van der Waals surface area contributed by atoms with Crippen LogP contribution < -0.4 is 9.46 Å². The summed E-state index contributed by atoms with van der Waals surface area (Å²) >= 11 is 0. The average Bonchev–Trinajstić information content (AvgIpc) is 2.99. The second kappa shape index (κ2) is 6.93. The Bertz CT molecular complexity index is 1070. The highest BCUT2D eigenvalue weighted by molar-refractivity contribution is 7.92. The van der Waals surface area contributed by atoms with Crippen molar-refractivity contribution in [3.05, 3.63) is 53.8 Å². The van der Waals surface area contributed by atoms with Crippen LogP contribution in [0.3, 0.4) is 0 Å². The molecule has 142 valence electrons. The molecule has 27 heavy (non-hydrogen) atoms. The van der Waals surface area contributed by atoms with Crippen molar-refractivity contribution in [1.82, 2.24) is 0 Å². The van der Waals surface area contributed by atoms with Gasteiger partial charge in [-0.2, -0.15) is 0 Å². The van der Waals surface area contributed by atoms with Crippen LogP contribution in [0.25, 0.3) is 11.0 Å². The smallest absolute Gasteiger partial charge is 0.261 e. The van der Waals surface area contributed by atoms with E-state index in [0.29, 0.717) is 24.0 Å². The largest absolute Gasteiger partial charge is 0.494 e. The number of sulfonamides is 1. The van der Waals surface area contributed by atoms with E-state index in [1.54, 1.807) is 30.3 Å². The topological polar surface area (TPSA) is 68.5 Å². The SMILES string of the molecule is CCOc1ccc(S(=O)(=O)Nc2ccc3oc4c(c3c2)CC[C@H](C)C4)cc1. The number of furan rings is 1. The van der Waals surface area contributed by atoms with Crippen LogP contribution in [0, 0.1) is 5.92 Å². The molecule has 4 rings (SSSR count). The molecule has 2 aromatic carbocycles. The molecule has 0 spiro atoms. The van der Waals surface area contributed by atoms with E-state index in [2.05, 4.69) is 11.6 Å². The summed E-state index contributed by atoms with van der Waals surface area (Å²) in [5.41, 5.74) is 2.57. The van der Waals surface area contributed by atoms with E-state index in [1.807, 2.05) is 19.1 Å². The Hall–Kier alpha value is -2.47. The molecule has 3 aromatic rings. The lowest BCUT2D eigenvalue weighted by atomic mass is 9.88. The van der Waals surface area contributed by atoms with Gasteiger partial charge in [-0.1, -0.05) is 6.92 Å². The molecule has 0 saturated carbocycles. The van der Waals surface area contributed by atoms with Crippen LogP contribution in [0.1, 0.15) is 31.6 Å². The van der Waals surface area contributed by atoms with Crippen LogP contribution in [0.15, 0.2) is 51.8 Å². The second-order valence-electron chi connectivity index (χ2n) is 7.07. The number of ether oxygens (including phenoxy) is 1. The molecule has 0 radical (unpaired) electrons. The number of anilines is 1. The number of fused-ring (bicyclic) bond motifs is 3. The Morgan fingerprint density at radius 3 is 2.70 bits per heavy atom. The predicted molar refractivity (Wildman–Crippen MR) is 106 cm³/mol. The van der Waals surface area contributed by atoms with Gasteiger partial charge in [0.2, 0.25) is 0 Å². The summed E-state index contributed by atoms with van der Waals surface area (Å²) in [6.45, 7) is 4.66. The molecule has 1 N–H and O–H groups in total. The molecule has 1 atom stereocenters. The molecule has 1 heterocycles. The Balaban J connectivity index is 1.62. The van der Waals surface area contributed by atoms with Crippen LogP contribution in [0.4, 0.5) is 5.69 Å². The first-order chi connectivity index (χ1) is 13.0. The molecule has 0 amide bonds. The van der Waals surface area contributed by atoms with E-state index in [9.17, 15) is 8.42 Å². The van der Waals surface area contributed by atoms with Crippen molar-refractivity contribution in [2.75, 3.05) is 11.3 Å². The van der Waals surface area contributed by atoms with Crippen LogP contribution >= 0.6 is 0 Å². The number of rotatable bonds is 5. The van der Waals surface area contributed by atoms with Crippen LogP contribution in [-0.4, -0.2) is 15.0 Å². The summed E-state index contributed by atoms with van der Waals surface area (Å²) in [4.78, 5) is 0.203. The van der Waals surface area contributed by atoms with E-state index in [1.165, 1.54) is 5.56 Å². The molecule has 0 aliphatic heterocycles. The summed E-state index contributed by atoms with van der Waals surface area (Å²) in [6, 6.07) is 11.9. The van der Waals surface area contributed by atoms with Crippen molar-refractivity contribution >= 4 is 26.7 Å². The number of hydrogen-bond donors (Lipinski definition) is 1. The lowest BCUT2D eigenvalue weighted by Crippen LogP contribution is -2.13. The van der Waals surface area contributed by atoms with Crippen molar-refractivity contribution in [1.29, 1.82) is 0 Å². The number of hydrogen-bond acceptors (Lipinski definition) is 4. The minimum atomic E-state index is -3.66. The summed E-state index contributed by atoms with van der Waals surface area (Å²) < 4.78 is 39.4. The van der Waals surface area contributed by atoms with Crippen molar-refractivity contribution in [2.24, 2.45) is 5.92 Å². The standard InChI is InChI=1S/C21H23NO4S/c1-3-25-16-6-8-17(9-7-16)27(23,24)22-15-5-11-20-19(13-15)18-10-4-14(2)12-21(18)26-20/h5-9,11,13-14,22H,3-4,10,12H2,1-2H3/t14-/m0/s1. The fraction of sp³-hybridized carbons (Fsp3) is 0.333. The molecule has 0 fully saturated rings. The number of nitrogens with one attached hydrogen (secondary N) is 1. The average molecular weight is 385 g/mol. The zero-order valence-corrected chi connectivity index (χ0v) is 16.3. The highest BCUT2D eigenvalue weighted by Gasteiger charge is 2.22. The van der Waals surface area contributed by atoms with Gasteiger partial charge in [0.15, 0.2) is 0 Å². The predicted octanol–water partition coefficient (Wildman–Crippen LogP) is 4.76. The fourth-order valence-corrected chi connectivity index (χ4v) is 4.66. The quantitative estimate of drug-likeness (QED) is 0.688. The van der Waals surface area contributed by atoms with Crippen molar-refractivity contribution in [3.63, 3.8) is 0 Å². The number of aryl methyl sites for hydroxylation is 1. The molecule has 0 saturated heterocycles. The Morgan fingerprint density at radius 2 is 1.96 bits per heavy atom. The maximum absolute atomic E-state index is 12.7. The van der Waals surface area contributed by atoms with Gasteiger partial charge < -0.3 is 9.15 Å². The third kappa shape index (κ3) is 3.54. The van der Waals surface area contributed by atoms with E-state index >= 15 is 0 Å². The van der Waals surface area contributed by atoms with Gasteiger partial charge in [-0.3, -0.25) is 4.72 Å². The van der Waals surface area contributed by atoms with Crippen molar-refractivity contribution in [3.8, 4) is 5.75 Å². The van der Waals surface area contributed by atoms with E-state index in [4.69, 9.17) is 9.15 Å². The molecule has 1 aliphatic carbocycles. The zero-order chi connectivity index (χ0) is 19.0. The van der Waals surface area contributed by atoms with Gasteiger partial charge in [0, 0.05) is 23.1 Å². The first-order valence-corrected chi connectivity index (χ1v) is 10.7. The van der Waals surface area contributed by atoms with Gasteiger partial charge in [0.25, 0.3) is 10.0 Å². The molecule has 5 nitrogen and oxygen atoms in total. The molecule has 0 bridgehead atoms. The summed E-state index contributed by atoms with van der Waals surface area (Å²) in [5, 5.41) is 1.00. The lowest BCUT2D eigenvalue weighted by molar-refractivity contribution is 0.340. The van der Waals surface area contributed by atoms with Gasteiger partial charge in [-0.05, 0) is 68.1 Å². The summed E-state index contributed by atoms with van der Waals surface area (Å²) in [5.74, 6) is 2.31. The molecular formula is C21H23NO4S. The van der Waals surface area contributed by atoms with Crippen molar-refractivity contribution in [2.45, 2.75) is 38.0 Å². The summed E-state index contributed by atoms with van der Waals surface area (Å²) in [7, 11) is -3.66. The third-order valence-electron chi connectivity index (χ3n) is 4.99. The minimum Gasteiger partial charge on any atom is -0.494 e. The van der Waals surface area contributed by atoms with Crippen LogP contribution in [0.5, 0.6) is 5.75 Å². The second-order valence-corrected chi connectivity index (χ2v) is 8.76. The van der Waals surface area contributed by atoms with Gasteiger partial charge >= 0.3 is 0 Å². The normalized spacial score (nSPS) is 16.9. The Morgan fingerprint density at radius 1 is 1.19 bits per heavy atom. The van der Waals surface area contributed by atoms with Crippen LogP contribution in [-0.2, 0) is 22.9 Å². The number of benzene rings is 2. The lowest BCUT2D eigenvalue weighted by Gasteiger charge is -2.16. The maximum Gasteiger partial charge on any atom is 0.261 e. The monoisotopic (exact) mass is 385 g/mol. The van der Waals surface area contributed by atoms with Gasteiger partial charge in [0.1, 0.15) is 17.1 Å².